The van der Waals surface area contributed by atoms with Crippen molar-refractivity contribution in [2.45, 2.75) is 6.42 Å². The summed E-state index contributed by atoms with van der Waals surface area (Å²) in [5.74, 6) is -4.03. The smallest absolute Gasteiger partial charge is 0.170 e. The monoisotopic (exact) mass is 268 g/mol. The van der Waals surface area contributed by atoms with E-state index in [-0.39, 0.29) is 11.1 Å². The summed E-state index contributed by atoms with van der Waals surface area (Å²) in [4.78, 5) is 11.8. The predicted octanol–water partition coefficient (Wildman–Crippen LogP) is 3.67. The SMILES string of the molecule is O=C(Cc1cc(F)ccc1F)c1ccc(F)cc1F. The molecule has 2 rings (SSSR count). The number of rotatable bonds is 3. The average Bonchev–Trinajstić information content (AvgIpc) is 2.33. The van der Waals surface area contributed by atoms with Gasteiger partial charge in [0.15, 0.2) is 5.78 Å². The molecule has 1 nitrogen and oxygen atoms in total. The third-order valence-corrected chi connectivity index (χ3v) is 2.59. The van der Waals surface area contributed by atoms with Gasteiger partial charge in [0.1, 0.15) is 23.3 Å². The van der Waals surface area contributed by atoms with Crippen LogP contribution < -0.4 is 0 Å². The Labute approximate surface area is 106 Å². The molecule has 0 spiro atoms. The topological polar surface area (TPSA) is 17.1 Å². The first kappa shape index (κ1) is 13.3. The van der Waals surface area contributed by atoms with Crippen LogP contribution in [0.3, 0.4) is 0 Å². The van der Waals surface area contributed by atoms with Gasteiger partial charge >= 0.3 is 0 Å². The van der Waals surface area contributed by atoms with Crippen molar-refractivity contribution in [2.75, 3.05) is 0 Å². The maximum atomic E-state index is 13.4. The molecule has 0 saturated heterocycles. The molecule has 0 radical (unpaired) electrons. The number of carbonyl (C=O) groups excluding carboxylic acids is 1. The molecule has 0 atom stereocenters. The lowest BCUT2D eigenvalue weighted by Crippen LogP contribution is -2.08. The summed E-state index contributed by atoms with van der Waals surface area (Å²) in [6.07, 6.45) is -0.494. The second-order valence-electron chi connectivity index (χ2n) is 3.96. The van der Waals surface area contributed by atoms with Gasteiger partial charge in [0, 0.05) is 12.5 Å². The van der Waals surface area contributed by atoms with Crippen molar-refractivity contribution in [3.63, 3.8) is 0 Å². The molecular weight excluding hydrogens is 260 g/mol. The first-order valence-corrected chi connectivity index (χ1v) is 5.39. The Balaban J connectivity index is 2.28. The fraction of sp³-hybridized carbons (Fsp3) is 0.0714. The molecule has 0 N–H and O–H groups in total. The fourth-order valence-corrected chi connectivity index (χ4v) is 1.66. The van der Waals surface area contributed by atoms with Gasteiger partial charge < -0.3 is 0 Å². The zero-order valence-corrected chi connectivity index (χ0v) is 9.59. The molecule has 0 bridgehead atoms. The Morgan fingerprint density at radius 3 is 2.16 bits per heavy atom. The molecule has 0 aromatic heterocycles. The summed E-state index contributed by atoms with van der Waals surface area (Å²) in [5.41, 5.74) is -0.529. The van der Waals surface area contributed by atoms with E-state index in [2.05, 4.69) is 0 Å². The quantitative estimate of drug-likeness (QED) is 0.613. The third-order valence-electron chi connectivity index (χ3n) is 2.59. The van der Waals surface area contributed by atoms with Crippen LogP contribution in [-0.2, 0) is 6.42 Å². The molecular formula is C14H8F4O. The molecule has 19 heavy (non-hydrogen) atoms. The van der Waals surface area contributed by atoms with Gasteiger partial charge in [0.25, 0.3) is 0 Å². The molecule has 0 amide bonds. The lowest BCUT2D eigenvalue weighted by Gasteiger charge is -2.04. The minimum Gasteiger partial charge on any atom is -0.294 e. The summed E-state index contributed by atoms with van der Waals surface area (Å²) in [7, 11) is 0. The summed E-state index contributed by atoms with van der Waals surface area (Å²) in [5, 5.41) is 0. The highest BCUT2D eigenvalue weighted by atomic mass is 19.1. The molecule has 0 heterocycles. The van der Waals surface area contributed by atoms with Crippen LogP contribution in [0.1, 0.15) is 15.9 Å². The van der Waals surface area contributed by atoms with Crippen molar-refractivity contribution >= 4 is 5.78 Å². The largest absolute Gasteiger partial charge is 0.294 e. The number of carbonyl (C=O) groups is 1. The number of hydrogen-bond donors (Lipinski definition) is 0. The molecule has 0 aliphatic heterocycles. The second kappa shape index (κ2) is 5.22. The number of halogens is 4. The summed E-state index contributed by atoms with van der Waals surface area (Å²) in [6.45, 7) is 0. The molecule has 2 aromatic rings. The van der Waals surface area contributed by atoms with Crippen molar-refractivity contribution in [3.8, 4) is 0 Å². The van der Waals surface area contributed by atoms with E-state index < -0.39 is 35.5 Å². The van der Waals surface area contributed by atoms with Crippen molar-refractivity contribution < 1.29 is 22.4 Å². The van der Waals surface area contributed by atoms with Crippen LogP contribution in [0.5, 0.6) is 0 Å². The van der Waals surface area contributed by atoms with Crippen molar-refractivity contribution in [3.05, 3.63) is 70.8 Å². The highest BCUT2D eigenvalue weighted by Crippen LogP contribution is 2.16. The molecule has 2 aromatic carbocycles. The van der Waals surface area contributed by atoms with E-state index >= 15 is 0 Å². The summed E-state index contributed by atoms with van der Waals surface area (Å²) >= 11 is 0. The third kappa shape index (κ3) is 2.99. The lowest BCUT2D eigenvalue weighted by molar-refractivity contribution is 0.0988. The van der Waals surface area contributed by atoms with Gasteiger partial charge in [-0.2, -0.15) is 0 Å². The molecule has 0 unspecified atom stereocenters. The van der Waals surface area contributed by atoms with Gasteiger partial charge in [-0.05, 0) is 35.9 Å². The Kier molecular flexibility index (Phi) is 3.64. The van der Waals surface area contributed by atoms with Crippen LogP contribution in [0.25, 0.3) is 0 Å². The van der Waals surface area contributed by atoms with E-state index in [1.54, 1.807) is 0 Å². The standard InChI is InChI=1S/C14H8F4O/c15-9-2-4-12(17)8(5-9)6-14(19)11-3-1-10(16)7-13(11)18/h1-5,7H,6H2. The number of Topliss-reactive ketones (excluding diaryl/α,β-unsaturated/α-hetero) is 1. The van der Waals surface area contributed by atoms with Crippen LogP contribution in [0.4, 0.5) is 17.6 Å². The molecule has 0 saturated carbocycles. The molecule has 0 aliphatic carbocycles. The average molecular weight is 268 g/mol. The molecule has 5 heteroatoms. The summed E-state index contributed by atoms with van der Waals surface area (Å²) < 4.78 is 52.3. The van der Waals surface area contributed by atoms with E-state index in [1.807, 2.05) is 0 Å². The first-order chi connectivity index (χ1) is 8.97. The number of benzene rings is 2. The first-order valence-electron chi connectivity index (χ1n) is 5.39. The Morgan fingerprint density at radius 1 is 0.842 bits per heavy atom. The highest BCUT2D eigenvalue weighted by Gasteiger charge is 2.15. The Bertz CT molecular complexity index is 637. The number of ketones is 1. The van der Waals surface area contributed by atoms with Crippen LogP contribution in [-0.4, -0.2) is 5.78 Å². The zero-order valence-electron chi connectivity index (χ0n) is 9.59. The van der Waals surface area contributed by atoms with E-state index in [9.17, 15) is 22.4 Å². The van der Waals surface area contributed by atoms with E-state index in [0.717, 1.165) is 30.3 Å². The van der Waals surface area contributed by atoms with Crippen molar-refractivity contribution in [1.82, 2.24) is 0 Å². The van der Waals surface area contributed by atoms with Gasteiger partial charge in [-0.3, -0.25) is 4.79 Å². The molecule has 0 fully saturated rings. The Hall–Kier alpha value is -2.17. The van der Waals surface area contributed by atoms with E-state index in [0.29, 0.717) is 6.07 Å². The second-order valence-corrected chi connectivity index (χ2v) is 3.96. The molecule has 98 valence electrons. The van der Waals surface area contributed by atoms with Crippen LogP contribution in [0.15, 0.2) is 36.4 Å². The van der Waals surface area contributed by atoms with Gasteiger partial charge in [-0.25, -0.2) is 17.6 Å². The molecule has 0 aliphatic rings. The predicted molar refractivity (Wildman–Crippen MR) is 60.8 cm³/mol. The van der Waals surface area contributed by atoms with E-state index in [1.165, 1.54) is 0 Å². The fourth-order valence-electron chi connectivity index (χ4n) is 1.66. The zero-order chi connectivity index (χ0) is 14.0. The maximum absolute atomic E-state index is 13.4. The summed E-state index contributed by atoms with van der Waals surface area (Å²) in [6, 6.07) is 5.15. The highest BCUT2D eigenvalue weighted by molar-refractivity contribution is 5.97. The van der Waals surface area contributed by atoms with Gasteiger partial charge in [0.05, 0.1) is 5.56 Å². The lowest BCUT2D eigenvalue weighted by atomic mass is 10.0. The van der Waals surface area contributed by atoms with Gasteiger partial charge in [0.2, 0.25) is 0 Å². The van der Waals surface area contributed by atoms with E-state index in [4.69, 9.17) is 0 Å². The maximum Gasteiger partial charge on any atom is 0.170 e. The van der Waals surface area contributed by atoms with Crippen molar-refractivity contribution in [1.29, 1.82) is 0 Å². The van der Waals surface area contributed by atoms with Crippen LogP contribution >= 0.6 is 0 Å². The number of hydrogen-bond acceptors (Lipinski definition) is 1. The van der Waals surface area contributed by atoms with Crippen LogP contribution in [0, 0.1) is 23.3 Å². The van der Waals surface area contributed by atoms with Crippen molar-refractivity contribution in [2.24, 2.45) is 0 Å². The minimum atomic E-state index is -1.03. The van der Waals surface area contributed by atoms with Gasteiger partial charge in [-0.1, -0.05) is 0 Å². The normalized spacial score (nSPS) is 10.5. The Morgan fingerprint density at radius 2 is 1.47 bits per heavy atom. The minimum absolute atomic E-state index is 0.172. The van der Waals surface area contributed by atoms with Gasteiger partial charge in [-0.15, -0.1) is 0 Å². The van der Waals surface area contributed by atoms with Crippen LogP contribution in [0.2, 0.25) is 0 Å².